The van der Waals surface area contributed by atoms with E-state index in [9.17, 15) is 4.79 Å². The summed E-state index contributed by atoms with van der Waals surface area (Å²) in [6.45, 7) is 0. The molecular weight excluding hydrogens is 545 g/mol. The van der Waals surface area contributed by atoms with Gasteiger partial charge < -0.3 is 0 Å². The van der Waals surface area contributed by atoms with E-state index in [2.05, 4.69) is 9.24 Å². The molecule has 0 fully saturated rings. The van der Waals surface area contributed by atoms with Crippen LogP contribution in [0.4, 0.5) is 0 Å². The third-order valence-electron chi connectivity index (χ3n) is 1.12. The maximum atomic E-state index is 10.2. The van der Waals surface area contributed by atoms with Crippen LogP contribution in [0.2, 0.25) is 0 Å². The van der Waals surface area contributed by atoms with E-state index < -0.39 is 0 Å². The van der Waals surface area contributed by atoms with E-state index in [-0.39, 0.29) is 54.6 Å². The molecule has 0 aliphatic carbocycles. The molecule has 1 aromatic carbocycles. The molecule has 0 N–H and O–H groups in total. The van der Waals surface area contributed by atoms with Gasteiger partial charge in [-0.1, -0.05) is 24.3 Å². The van der Waals surface area contributed by atoms with Crippen molar-refractivity contribution in [2.75, 3.05) is 0 Å². The second-order valence-corrected chi connectivity index (χ2v) is 2.37. The van der Waals surface area contributed by atoms with Gasteiger partial charge in [0.05, 0.1) is 0 Å². The largest absolute Gasteiger partial charge is 0.298 e. The molecule has 1 unspecified atom stereocenters. The Morgan fingerprint density at radius 1 is 1.18 bits per heavy atom. The molecule has 0 spiro atoms. The summed E-state index contributed by atoms with van der Waals surface area (Å²) in [5.41, 5.74) is 0.738. The summed E-state index contributed by atoms with van der Waals surface area (Å²) in [6, 6.07) is 7.41. The van der Waals surface area contributed by atoms with Gasteiger partial charge in [-0.05, 0) is 5.30 Å². The molecule has 8 radical (unpaired) electrons. The summed E-state index contributed by atoms with van der Waals surface area (Å²) in [4.78, 5) is 10.2. The van der Waals surface area contributed by atoms with Crippen molar-refractivity contribution in [3.8, 4) is 0 Å². The number of hydrogen-bond donors (Lipinski definition) is 0. The van der Waals surface area contributed by atoms with Crippen LogP contribution in [-0.4, -0.2) is 60.9 Å². The number of carbonyl (C=O) groups excluding carboxylic acids is 1. The van der Waals surface area contributed by atoms with Crippen LogP contribution in [0, 0.1) is 0 Å². The molecule has 0 aliphatic rings. The first-order valence-corrected chi connectivity index (χ1v) is 3.22. The van der Waals surface area contributed by atoms with Gasteiger partial charge in [-0.2, -0.15) is 0 Å². The van der Waals surface area contributed by atoms with Gasteiger partial charge in [0.25, 0.3) is 0 Å². The van der Waals surface area contributed by atoms with Crippen LogP contribution in [0.3, 0.4) is 0 Å². The minimum Gasteiger partial charge on any atom is -0.298 e. The Kier molecular flexibility index (Phi) is 10.4. The molecule has 0 aliphatic heterocycles. The van der Waals surface area contributed by atoms with Gasteiger partial charge in [-0.25, -0.2) is 0 Å². The maximum Gasteiger partial charge on any atom is 0.150 e. The predicted molar refractivity (Wildman–Crippen MR) is 52.7 cm³/mol. The fraction of sp³-hybridized carbons (Fsp3) is 0. The molecule has 0 heterocycles. The van der Waals surface area contributed by atoms with Crippen LogP contribution in [0.1, 0.15) is 10.4 Å². The Balaban J connectivity index is 0. The third-order valence-corrected chi connectivity index (χ3v) is 1.65. The molecule has 1 aromatic rings. The first kappa shape index (κ1) is 14.7. The molecule has 1 atom stereocenters. The summed E-state index contributed by atoms with van der Waals surface area (Å²) < 4.78 is 0. The number of aldehydes is 1. The van der Waals surface area contributed by atoms with Gasteiger partial charge in [0.15, 0.2) is 6.29 Å². The second-order valence-electron chi connectivity index (χ2n) is 1.75. The van der Waals surface area contributed by atoms with Crippen molar-refractivity contribution in [1.82, 2.24) is 0 Å². The number of benzene rings is 1. The Morgan fingerprint density at radius 3 is 2.09 bits per heavy atom. The Hall–Kier alpha value is 1.16. The standard InChI is InChI=1S/C7H7OP.2Pb/c8-5-6-3-1-2-4-7(6)9;;/h1-5H,9H2;;. The molecule has 1 nitrogen and oxygen atoms in total. The molecule has 11 heavy (non-hydrogen) atoms. The average molecular weight is 553 g/mol. The molecule has 0 saturated heterocycles. The van der Waals surface area contributed by atoms with Crippen molar-refractivity contribution in [3.63, 3.8) is 0 Å². The van der Waals surface area contributed by atoms with Crippen molar-refractivity contribution in [2.45, 2.75) is 0 Å². The Bertz CT molecular complexity index is 227. The minimum absolute atomic E-state index is 0. The monoisotopic (exact) mass is 554 g/mol. The van der Waals surface area contributed by atoms with Crippen molar-refractivity contribution in [2.24, 2.45) is 0 Å². The summed E-state index contributed by atoms with van der Waals surface area (Å²) in [5, 5.41) is 0.951. The van der Waals surface area contributed by atoms with Crippen LogP contribution in [0.5, 0.6) is 0 Å². The van der Waals surface area contributed by atoms with Gasteiger partial charge in [0.2, 0.25) is 0 Å². The van der Waals surface area contributed by atoms with Crippen LogP contribution in [0.15, 0.2) is 24.3 Å². The van der Waals surface area contributed by atoms with Gasteiger partial charge in [-0.3, -0.25) is 4.79 Å². The molecular formula is C7H7OPPb2. The quantitative estimate of drug-likeness (QED) is 0.277. The summed E-state index contributed by atoms with van der Waals surface area (Å²) >= 11 is 0. The van der Waals surface area contributed by atoms with E-state index in [4.69, 9.17) is 0 Å². The Morgan fingerprint density at radius 2 is 1.73 bits per heavy atom. The molecule has 0 bridgehead atoms. The average Bonchev–Trinajstić information content (AvgIpc) is 1.89. The normalized spacial score (nSPS) is 7.36. The van der Waals surface area contributed by atoms with Gasteiger partial charge in [-0.15, -0.1) is 9.24 Å². The van der Waals surface area contributed by atoms with E-state index in [0.29, 0.717) is 0 Å². The van der Waals surface area contributed by atoms with E-state index >= 15 is 0 Å². The first-order chi connectivity index (χ1) is 4.34. The first-order valence-electron chi connectivity index (χ1n) is 2.64. The topological polar surface area (TPSA) is 17.1 Å². The molecule has 54 valence electrons. The molecule has 0 aromatic heterocycles. The molecule has 0 saturated carbocycles. The smallest absolute Gasteiger partial charge is 0.150 e. The number of rotatable bonds is 1. The van der Waals surface area contributed by atoms with Gasteiger partial charge >= 0.3 is 0 Å². The van der Waals surface area contributed by atoms with Crippen molar-refractivity contribution < 1.29 is 4.79 Å². The predicted octanol–water partition coefficient (Wildman–Crippen LogP) is 0.238. The van der Waals surface area contributed by atoms with Crippen molar-refractivity contribution in [1.29, 1.82) is 0 Å². The van der Waals surface area contributed by atoms with E-state index in [1.807, 2.05) is 18.2 Å². The fourth-order valence-corrected chi connectivity index (χ4v) is 0.894. The summed E-state index contributed by atoms with van der Waals surface area (Å²) in [5.74, 6) is 0. The Labute approximate surface area is 109 Å². The van der Waals surface area contributed by atoms with Crippen LogP contribution < -0.4 is 5.30 Å². The summed E-state index contributed by atoms with van der Waals surface area (Å²) in [6.07, 6.45) is 0.850. The molecule has 1 rings (SSSR count). The molecule has 0 amide bonds. The molecule has 4 heteroatoms. The van der Waals surface area contributed by atoms with Crippen LogP contribution >= 0.6 is 9.24 Å². The third kappa shape index (κ3) is 4.67. The second kappa shape index (κ2) is 7.79. The van der Waals surface area contributed by atoms with Crippen LogP contribution in [0.25, 0.3) is 0 Å². The van der Waals surface area contributed by atoms with Gasteiger partial charge in [0, 0.05) is 60.2 Å². The fourth-order valence-electron chi connectivity index (χ4n) is 0.618. The van der Waals surface area contributed by atoms with E-state index in [0.717, 1.165) is 17.2 Å². The number of hydrogen-bond acceptors (Lipinski definition) is 1. The summed E-state index contributed by atoms with van der Waals surface area (Å²) in [7, 11) is 2.50. The zero-order valence-electron chi connectivity index (χ0n) is 5.87. The van der Waals surface area contributed by atoms with Crippen molar-refractivity contribution in [3.05, 3.63) is 29.8 Å². The number of carbonyl (C=O) groups is 1. The minimum atomic E-state index is 0. The maximum absolute atomic E-state index is 10.2. The SMILES string of the molecule is O=Cc1ccccc1P.[Pb].[Pb]. The van der Waals surface area contributed by atoms with E-state index in [1.165, 1.54) is 0 Å². The zero-order valence-corrected chi connectivity index (χ0v) is 14.8. The zero-order chi connectivity index (χ0) is 6.69. The van der Waals surface area contributed by atoms with Crippen LogP contribution in [-0.2, 0) is 0 Å². The van der Waals surface area contributed by atoms with Gasteiger partial charge in [0.1, 0.15) is 0 Å². The van der Waals surface area contributed by atoms with Crippen molar-refractivity contribution >= 4 is 75.4 Å². The van der Waals surface area contributed by atoms with E-state index in [1.54, 1.807) is 6.07 Å².